The van der Waals surface area contributed by atoms with Crippen molar-refractivity contribution in [3.8, 4) is 0 Å². The molecule has 0 bridgehead atoms. The molecule has 0 heterocycles. The molecule has 0 unspecified atom stereocenters. The van der Waals surface area contributed by atoms with Gasteiger partial charge in [-0.05, 0) is 35.4 Å². The Morgan fingerprint density at radius 3 is 2.36 bits per heavy atom. The predicted octanol–water partition coefficient (Wildman–Crippen LogP) is 3.17. The second-order valence-electron chi connectivity index (χ2n) is 7.57. The maximum absolute atomic E-state index is 13.5. The summed E-state index contributed by atoms with van der Waals surface area (Å²) < 4.78 is 13.5. The molecule has 6 heteroatoms. The van der Waals surface area contributed by atoms with Gasteiger partial charge in [0.05, 0.1) is 0 Å². The van der Waals surface area contributed by atoms with Crippen LogP contribution in [-0.2, 0) is 12.0 Å². The van der Waals surface area contributed by atoms with Crippen LogP contribution in [0.1, 0.15) is 35.3 Å². The Bertz CT molecular complexity index is 829. The average molecular weight is 384 g/mol. The molecular weight excluding hydrogens is 355 g/mol. The molecule has 2 aromatic rings. The second-order valence-corrected chi connectivity index (χ2v) is 7.57. The summed E-state index contributed by atoms with van der Waals surface area (Å²) in [7, 11) is 5.18. The lowest BCUT2D eigenvalue weighted by molar-refractivity contribution is 0.0827. The normalized spacial score (nSPS) is 11.9. The Morgan fingerprint density at radius 2 is 1.79 bits per heavy atom. The number of nitrogens with one attached hydrogen (secondary N) is 2. The van der Waals surface area contributed by atoms with Crippen molar-refractivity contribution in [2.45, 2.75) is 25.8 Å². The number of guanidine groups is 1. The van der Waals surface area contributed by atoms with E-state index in [1.807, 2.05) is 30.3 Å². The lowest BCUT2D eigenvalue weighted by atomic mass is 9.84. The first-order valence-electron chi connectivity index (χ1n) is 9.24. The molecule has 0 saturated heterocycles. The van der Waals surface area contributed by atoms with Crippen LogP contribution in [0.3, 0.4) is 0 Å². The molecule has 0 aromatic heterocycles. The highest BCUT2D eigenvalue weighted by atomic mass is 19.1. The zero-order valence-electron chi connectivity index (χ0n) is 17.2. The van der Waals surface area contributed by atoms with E-state index in [1.54, 1.807) is 38.2 Å². The number of carbonyl (C=O) groups is 1. The van der Waals surface area contributed by atoms with Crippen LogP contribution >= 0.6 is 0 Å². The van der Waals surface area contributed by atoms with Crippen LogP contribution < -0.4 is 10.6 Å². The summed E-state index contributed by atoms with van der Waals surface area (Å²) in [6.45, 7) is 5.30. The van der Waals surface area contributed by atoms with Crippen molar-refractivity contribution in [1.82, 2.24) is 15.5 Å². The topological polar surface area (TPSA) is 56.7 Å². The number of hydrogen-bond donors (Lipinski definition) is 2. The van der Waals surface area contributed by atoms with Crippen molar-refractivity contribution < 1.29 is 9.18 Å². The van der Waals surface area contributed by atoms with Crippen LogP contribution in [0, 0.1) is 5.82 Å². The molecule has 0 aliphatic rings. The number of carbonyl (C=O) groups excluding carboxylic acids is 1. The smallest absolute Gasteiger partial charge is 0.253 e. The molecule has 0 saturated carbocycles. The number of hydrogen-bond acceptors (Lipinski definition) is 2. The number of amides is 1. The molecule has 0 aliphatic heterocycles. The van der Waals surface area contributed by atoms with Crippen molar-refractivity contribution in [2.24, 2.45) is 4.99 Å². The summed E-state index contributed by atoms with van der Waals surface area (Å²) in [5.74, 6) is 0.416. The monoisotopic (exact) mass is 384 g/mol. The number of nitrogens with zero attached hydrogens (tertiary/aromatic N) is 2. The standard InChI is InChI=1S/C22H29FN4O/c1-22(2,18-7-6-8-19(23)13-18)15-26-21(24-3)25-14-16-9-11-17(12-10-16)20(28)27(4)5/h6-13H,14-15H2,1-5H3,(H2,24,25,26). The van der Waals surface area contributed by atoms with Crippen LogP contribution in [0.15, 0.2) is 53.5 Å². The Kier molecular flexibility index (Phi) is 7.15. The van der Waals surface area contributed by atoms with Gasteiger partial charge in [0.1, 0.15) is 5.82 Å². The summed E-state index contributed by atoms with van der Waals surface area (Å²) in [6, 6.07) is 14.2. The van der Waals surface area contributed by atoms with E-state index >= 15 is 0 Å². The molecule has 2 aromatic carbocycles. The first-order chi connectivity index (χ1) is 13.2. The molecule has 0 fully saturated rings. The molecule has 1 amide bonds. The van der Waals surface area contributed by atoms with Crippen molar-refractivity contribution in [2.75, 3.05) is 27.7 Å². The van der Waals surface area contributed by atoms with Crippen molar-refractivity contribution in [1.29, 1.82) is 0 Å². The number of rotatable bonds is 6. The van der Waals surface area contributed by atoms with E-state index in [0.717, 1.165) is 11.1 Å². The van der Waals surface area contributed by atoms with E-state index in [2.05, 4.69) is 29.5 Å². The summed E-state index contributed by atoms with van der Waals surface area (Å²) >= 11 is 0. The molecule has 0 atom stereocenters. The van der Waals surface area contributed by atoms with Gasteiger partial charge >= 0.3 is 0 Å². The highest BCUT2D eigenvalue weighted by Crippen LogP contribution is 2.22. The fourth-order valence-electron chi connectivity index (χ4n) is 2.75. The molecule has 5 nitrogen and oxygen atoms in total. The third-order valence-electron chi connectivity index (χ3n) is 4.59. The van der Waals surface area contributed by atoms with Gasteiger partial charge in [0.25, 0.3) is 5.91 Å². The van der Waals surface area contributed by atoms with Gasteiger partial charge < -0.3 is 15.5 Å². The Morgan fingerprint density at radius 1 is 1.11 bits per heavy atom. The molecule has 0 aliphatic carbocycles. The van der Waals surface area contributed by atoms with Crippen molar-refractivity contribution in [3.63, 3.8) is 0 Å². The molecule has 2 rings (SSSR count). The van der Waals surface area contributed by atoms with Crippen molar-refractivity contribution in [3.05, 3.63) is 71.0 Å². The fraction of sp³-hybridized carbons (Fsp3) is 0.364. The van der Waals surface area contributed by atoms with Gasteiger partial charge in [-0.2, -0.15) is 0 Å². The minimum Gasteiger partial charge on any atom is -0.356 e. The lowest BCUT2D eigenvalue weighted by Gasteiger charge is -2.27. The highest BCUT2D eigenvalue weighted by molar-refractivity contribution is 5.93. The minimum absolute atomic E-state index is 0.0171. The predicted molar refractivity (Wildman–Crippen MR) is 112 cm³/mol. The van der Waals surface area contributed by atoms with Gasteiger partial charge in [-0.25, -0.2) is 4.39 Å². The summed E-state index contributed by atoms with van der Waals surface area (Å²) in [5, 5.41) is 6.56. The van der Waals surface area contributed by atoms with Crippen LogP contribution in [0.4, 0.5) is 4.39 Å². The summed E-state index contributed by atoms with van der Waals surface area (Å²) in [5.41, 5.74) is 2.38. The van der Waals surface area contributed by atoms with Gasteiger partial charge in [0.2, 0.25) is 0 Å². The van der Waals surface area contributed by atoms with E-state index in [9.17, 15) is 9.18 Å². The molecular formula is C22H29FN4O. The lowest BCUT2D eigenvalue weighted by Crippen LogP contribution is -2.43. The molecule has 2 N–H and O–H groups in total. The highest BCUT2D eigenvalue weighted by Gasteiger charge is 2.21. The van der Waals surface area contributed by atoms with Crippen LogP contribution in [0.5, 0.6) is 0 Å². The van der Waals surface area contributed by atoms with E-state index in [1.165, 1.54) is 6.07 Å². The first-order valence-corrected chi connectivity index (χ1v) is 9.24. The Hall–Kier alpha value is -2.89. The van der Waals surface area contributed by atoms with Gasteiger partial charge in [-0.3, -0.25) is 9.79 Å². The molecule has 28 heavy (non-hydrogen) atoms. The van der Waals surface area contributed by atoms with Crippen LogP contribution in [-0.4, -0.2) is 44.5 Å². The second kappa shape index (κ2) is 9.35. The SMILES string of the molecule is CN=C(NCc1ccc(C(=O)N(C)C)cc1)NCC(C)(C)c1cccc(F)c1. The van der Waals surface area contributed by atoms with E-state index in [4.69, 9.17) is 0 Å². The van der Waals surface area contributed by atoms with E-state index < -0.39 is 0 Å². The van der Waals surface area contributed by atoms with Gasteiger partial charge in [0.15, 0.2) is 5.96 Å². The third kappa shape index (κ3) is 5.81. The third-order valence-corrected chi connectivity index (χ3v) is 4.59. The van der Waals surface area contributed by atoms with E-state index in [-0.39, 0.29) is 17.1 Å². The Balaban J connectivity index is 1.92. The quantitative estimate of drug-likeness (QED) is 0.594. The summed E-state index contributed by atoms with van der Waals surface area (Å²) in [4.78, 5) is 17.7. The molecule has 150 valence electrons. The zero-order valence-corrected chi connectivity index (χ0v) is 17.2. The molecule has 0 spiro atoms. The van der Waals surface area contributed by atoms with E-state index in [0.29, 0.717) is 24.6 Å². The minimum atomic E-state index is -0.256. The maximum Gasteiger partial charge on any atom is 0.253 e. The van der Waals surface area contributed by atoms with Gasteiger partial charge in [-0.1, -0.05) is 38.1 Å². The zero-order chi connectivity index (χ0) is 20.7. The molecule has 0 radical (unpaired) electrons. The number of benzene rings is 2. The van der Waals surface area contributed by atoms with Gasteiger partial charge in [-0.15, -0.1) is 0 Å². The average Bonchev–Trinajstić information content (AvgIpc) is 2.68. The Labute approximate surface area is 166 Å². The van der Waals surface area contributed by atoms with Crippen LogP contribution in [0.2, 0.25) is 0 Å². The van der Waals surface area contributed by atoms with Crippen LogP contribution in [0.25, 0.3) is 0 Å². The first kappa shape index (κ1) is 21.4. The maximum atomic E-state index is 13.5. The fourth-order valence-corrected chi connectivity index (χ4v) is 2.75. The number of aliphatic imine (C=N–C) groups is 1. The largest absolute Gasteiger partial charge is 0.356 e. The van der Waals surface area contributed by atoms with Crippen molar-refractivity contribution >= 4 is 11.9 Å². The summed E-state index contributed by atoms with van der Waals surface area (Å²) in [6.07, 6.45) is 0. The van der Waals surface area contributed by atoms with Gasteiger partial charge in [0, 0.05) is 45.2 Å². The number of halogens is 1.